The number of hydrogen-bond donors (Lipinski definition) is 0. The molecule has 5 nitrogen and oxygen atoms in total. The Hall–Kier alpha value is -4.25. The van der Waals surface area contributed by atoms with Gasteiger partial charge in [0, 0.05) is 18.7 Å². The van der Waals surface area contributed by atoms with E-state index in [1.165, 1.54) is 0 Å². The highest BCUT2D eigenvalue weighted by Crippen LogP contribution is 2.40. The second-order valence-electron chi connectivity index (χ2n) is 8.03. The van der Waals surface area contributed by atoms with Crippen LogP contribution < -0.4 is 4.74 Å². The lowest BCUT2D eigenvalue weighted by atomic mass is 9.77. The maximum absolute atomic E-state index is 5.74. The van der Waals surface area contributed by atoms with Gasteiger partial charge < -0.3 is 4.74 Å². The monoisotopic (exact) mass is 446 g/mol. The van der Waals surface area contributed by atoms with Gasteiger partial charge in [-0.05, 0) is 29.2 Å². The van der Waals surface area contributed by atoms with Crippen molar-refractivity contribution in [3.63, 3.8) is 0 Å². The van der Waals surface area contributed by atoms with Crippen LogP contribution in [0.4, 0.5) is 0 Å². The Bertz CT molecular complexity index is 1190. The minimum absolute atomic E-state index is 0.562. The van der Waals surface area contributed by atoms with Crippen molar-refractivity contribution in [3.05, 3.63) is 144 Å². The maximum atomic E-state index is 5.74. The number of aromatic nitrogens is 4. The molecule has 0 bridgehead atoms. The van der Waals surface area contributed by atoms with Crippen LogP contribution >= 0.6 is 0 Å². The van der Waals surface area contributed by atoms with Crippen LogP contribution in [-0.4, -0.2) is 26.4 Å². The van der Waals surface area contributed by atoms with Gasteiger partial charge in [-0.2, -0.15) is 5.10 Å². The molecule has 0 spiro atoms. The molecule has 0 radical (unpaired) electrons. The molecular weight excluding hydrogens is 420 g/mol. The largest absolute Gasteiger partial charge is 0.478 e. The quantitative estimate of drug-likeness (QED) is 0.221. The van der Waals surface area contributed by atoms with Gasteiger partial charge in [-0.15, -0.1) is 0 Å². The van der Waals surface area contributed by atoms with Crippen LogP contribution in [0, 0.1) is 0 Å². The van der Waals surface area contributed by atoms with E-state index < -0.39 is 5.54 Å². The van der Waals surface area contributed by atoms with Crippen LogP contribution in [0.3, 0.4) is 0 Å². The SMILES string of the molecule is c1ccc(C(c2ccccc2)(c2ccccc2)n2cnc(CCCOc3ccccn3)n2)cc1. The molecule has 0 fully saturated rings. The lowest BCUT2D eigenvalue weighted by molar-refractivity contribution is 0.298. The Balaban J connectivity index is 1.50. The van der Waals surface area contributed by atoms with Gasteiger partial charge in [-0.1, -0.05) is 97.1 Å². The van der Waals surface area contributed by atoms with E-state index in [4.69, 9.17) is 9.84 Å². The number of nitrogens with zero attached hydrogens (tertiary/aromatic N) is 4. The topological polar surface area (TPSA) is 52.8 Å². The zero-order valence-corrected chi connectivity index (χ0v) is 18.9. The molecular formula is C29H26N4O. The maximum Gasteiger partial charge on any atom is 0.213 e. The van der Waals surface area contributed by atoms with Gasteiger partial charge in [0.05, 0.1) is 6.61 Å². The van der Waals surface area contributed by atoms with Crippen molar-refractivity contribution in [1.82, 2.24) is 19.7 Å². The van der Waals surface area contributed by atoms with Gasteiger partial charge >= 0.3 is 0 Å². The molecule has 3 aromatic carbocycles. The Labute approximate surface area is 199 Å². The van der Waals surface area contributed by atoms with Crippen LogP contribution in [0.15, 0.2) is 122 Å². The minimum atomic E-state index is -0.639. The molecule has 2 heterocycles. The Morgan fingerprint density at radius 3 is 1.74 bits per heavy atom. The predicted octanol–water partition coefficient (Wildman–Crippen LogP) is 5.52. The fraction of sp³-hybridized carbons (Fsp3) is 0.138. The molecule has 0 aliphatic carbocycles. The number of ether oxygens (including phenoxy) is 1. The number of rotatable bonds is 9. The Kier molecular flexibility index (Phi) is 6.43. The van der Waals surface area contributed by atoms with Gasteiger partial charge in [0.25, 0.3) is 0 Å². The zero-order valence-electron chi connectivity index (χ0n) is 18.9. The summed E-state index contributed by atoms with van der Waals surface area (Å²) < 4.78 is 7.74. The van der Waals surface area contributed by atoms with Crippen LogP contribution in [0.5, 0.6) is 5.88 Å². The summed E-state index contributed by atoms with van der Waals surface area (Å²) in [5.74, 6) is 1.43. The fourth-order valence-electron chi connectivity index (χ4n) is 4.35. The molecule has 34 heavy (non-hydrogen) atoms. The molecule has 5 rings (SSSR count). The van der Waals surface area contributed by atoms with Crippen LogP contribution in [-0.2, 0) is 12.0 Å². The van der Waals surface area contributed by atoms with Gasteiger partial charge in [0.15, 0.2) is 5.82 Å². The predicted molar refractivity (Wildman–Crippen MR) is 133 cm³/mol. The average molecular weight is 447 g/mol. The number of benzene rings is 3. The van der Waals surface area contributed by atoms with Crippen molar-refractivity contribution in [2.45, 2.75) is 18.4 Å². The van der Waals surface area contributed by atoms with Gasteiger partial charge in [0.2, 0.25) is 5.88 Å². The van der Waals surface area contributed by atoms with Crippen LogP contribution in [0.2, 0.25) is 0 Å². The Morgan fingerprint density at radius 2 is 1.21 bits per heavy atom. The highest BCUT2D eigenvalue weighted by Gasteiger charge is 2.39. The molecule has 0 unspecified atom stereocenters. The number of aryl methyl sites for hydroxylation is 1. The third kappa shape index (κ3) is 4.33. The molecule has 0 amide bonds. The van der Waals surface area contributed by atoms with E-state index in [9.17, 15) is 0 Å². The molecule has 2 aromatic heterocycles. The first kappa shape index (κ1) is 21.6. The summed E-state index contributed by atoms with van der Waals surface area (Å²) in [5, 5.41) is 4.99. The number of pyridine rings is 1. The van der Waals surface area contributed by atoms with Crippen LogP contribution in [0.1, 0.15) is 28.9 Å². The first-order chi connectivity index (χ1) is 16.9. The second kappa shape index (κ2) is 10.1. The van der Waals surface area contributed by atoms with Crippen molar-refractivity contribution < 1.29 is 4.74 Å². The van der Waals surface area contributed by atoms with E-state index in [2.05, 4.69) is 82.8 Å². The van der Waals surface area contributed by atoms with Gasteiger partial charge in [-0.3, -0.25) is 0 Å². The van der Waals surface area contributed by atoms with Crippen molar-refractivity contribution in [2.75, 3.05) is 6.61 Å². The van der Waals surface area contributed by atoms with E-state index in [-0.39, 0.29) is 0 Å². The number of hydrogen-bond acceptors (Lipinski definition) is 4. The van der Waals surface area contributed by atoms with E-state index >= 15 is 0 Å². The first-order valence-corrected chi connectivity index (χ1v) is 11.5. The normalized spacial score (nSPS) is 11.3. The molecule has 0 aliphatic rings. The highest BCUT2D eigenvalue weighted by molar-refractivity contribution is 5.50. The molecule has 0 atom stereocenters. The summed E-state index contributed by atoms with van der Waals surface area (Å²) in [6.07, 6.45) is 5.10. The summed E-state index contributed by atoms with van der Waals surface area (Å²) >= 11 is 0. The standard InChI is InChI=1S/C29H26N4O/c1-4-13-24(14-5-1)29(25-15-6-2-7-16-25,26-17-8-3-9-18-26)33-23-31-27(32-33)19-12-22-34-28-20-10-11-21-30-28/h1-11,13-18,20-21,23H,12,19,22H2. The van der Waals surface area contributed by atoms with Crippen molar-refractivity contribution in [2.24, 2.45) is 0 Å². The third-order valence-corrected chi connectivity index (χ3v) is 5.89. The molecule has 5 aromatic rings. The molecule has 0 aliphatic heterocycles. The van der Waals surface area contributed by atoms with Crippen molar-refractivity contribution >= 4 is 0 Å². The lowest BCUT2D eigenvalue weighted by Crippen LogP contribution is -2.38. The molecule has 168 valence electrons. The average Bonchev–Trinajstić information content (AvgIpc) is 3.39. The third-order valence-electron chi connectivity index (χ3n) is 5.89. The van der Waals surface area contributed by atoms with E-state index in [1.807, 2.05) is 47.4 Å². The Morgan fingerprint density at radius 1 is 0.647 bits per heavy atom. The lowest BCUT2D eigenvalue weighted by Gasteiger charge is -2.35. The highest BCUT2D eigenvalue weighted by atomic mass is 16.5. The van der Waals surface area contributed by atoms with E-state index in [0.717, 1.165) is 28.9 Å². The van der Waals surface area contributed by atoms with E-state index in [0.29, 0.717) is 18.9 Å². The van der Waals surface area contributed by atoms with Crippen LogP contribution in [0.25, 0.3) is 0 Å². The molecule has 0 saturated carbocycles. The van der Waals surface area contributed by atoms with E-state index in [1.54, 1.807) is 6.20 Å². The van der Waals surface area contributed by atoms with Gasteiger partial charge in [0.1, 0.15) is 11.9 Å². The molecule has 5 heteroatoms. The fourth-order valence-corrected chi connectivity index (χ4v) is 4.35. The summed E-state index contributed by atoms with van der Waals surface area (Å²) in [6.45, 7) is 0.562. The second-order valence-corrected chi connectivity index (χ2v) is 8.03. The summed E-state index contributed by atoms with van der Waals surface area (Å²) in [4.78, 5) is 8.89. The first-order valence-electron chi connectivity index (χ1n) is 11.5. The van der Waals surface area contributed by atoms with Gasteiger partial charge in [-0.25, -0.2) is 14.6 Å². The molecule has 0 saturated heterocycles. The zero-order chi connectivity index (χ0) is 23.1. The smallest absolute Gasteiger partial charge is 0.213 e. The summed E-state index contributed by atoms with van der Waals surface area (Å²) in [7, 11) is 0. The van der Waals surface area contributed by atoms with Crippen molar-refractivity contribution in [3.8, 4) is 5.88 Å². The summed E-state index contributed by atoms with van der Waals surface area (Å²) in [6, 6.07) is 37.1. The van der Waals surface area contributed by atoms with Crippen molar-refractivity contribution in [1.29, 1.82) is 0 Å². The molecule has 0 N–H and O–H groups in total. The minimum Gasteiger partial charge on any atom is -0.478 e. The summed E-state index contributed by atoms with van der Waals surface area (Å²) in [5.41, 5.74) is 2.74.